The van der Waals surface area contributed by atoms with E-state index in [1.54, 1.807) is 24.3 Å². The third-order valence-corrected chi connectivity index (χ3v) is 7.76. The molecule has 1 aromatic carbocycles. The molecule has 8 heteroatoms. The second-order valence-corrected chi connectivity index (χ2v) is 9.40. The van der Waals surface area contributed by atoms with Crippen LogP contribution in [0.1, 0.15) is 44.6 Å². The smallest absolute Gasteiger partial charge is 0.243 e. The molecule has 2 heterocycles. The number of rotatable bonds is 6. The molecule has 7 nitrogen and oxygen atoms in total. The van der Waals surface area contributed by atoms with Gasteiger partial charge < -0.3 is 10.2 Å². The summed E-state index contributed by atoms with van der Waals surface area (Å²) >= 11 is 0. The number of amides is 2. The van der Waals surface area contributed by atoms with Crippen molar-refractivity contribution in [3.63, 3.8) is 0 Å². The molecule has 1 atom stereocenters. The minimum atomic E-state index is -3.57. The number of benzene rings is 1. The van der Waals surface area contributed by atoms with E-state index in [2.05, 4.69) is 5.32 Å². The van der Waals surface area contributed by atoms with E-state index in [0.717, 1.165) is 5.56 Å². The van der Waals surface area contributed by atoms with E-state index in [9.17, 15) is 18.0 Å². The van der Waals surface area contributed by atoms with E-state index in [1.807, 2.05) is 18.7 Å². The van der Waals surface area contributed by atoms with Crippen LogP contribution in [0.5, 0.6) is 0 Å². The number of hydrogen-bond donors (Lipinski definition) is 1. The molecule has 0 saturated carbocycles. The van der Waals surface area contributed by atoms with Gasteiger partial charge in [-0.1, -0.05) is 12.1 Å². The van der Waals surface area contributed by atoms with Gasteiger partial charge >= 0.3 is 0 Å². The van der Waals surface area contributed by atoms with Crippen molar-refractivity contribution in [1.82, 2.24) is 14.5 Å². The van der Waals surface area contributed by atoms with Crippen molar-refractivity contribution in [3.05, 3.63) is 29.8 Å². The minimum absolute atomic E-state index is 0.0313. The van der Waals surface area contributed by atoms with Crippen molar-refractivity contribution < 1.29 is 18.0 Å². The van der Waals surface area contributed by atoms with Gasteiger partial charge in [-0.2, -0.15) is 4.31 Å². The summed E-state index contributed by atoms with van der Waals surface area (Å²) in [5.74, 6) is 0.169. The maximum atomic E-state index is 13.0. The molecule has 0 bridgehead atoms. The van der Waals surface area contributed by atoms with Gasteiger partial charge in [0.05, 0.1) is 4.90 Å². The molecule has 3 rings (SSSR count). The van der Waals surface area contributed by atoms with Crippen molar-refractivity contribution in [1.29, 1.82) is 0 Å². The van der Waals surface area contributed by atoms with E-state index < -0.39 is 10.0 Å². The van der Waals surface area contributed by atoms with E-state index >= 15 is 0 Å². The first-order chi connectivity index (χ1) is 13.4. The van der Waals surface area contributed by atoms with Gasteiger partial charge in [0.1, 0.15) is 0 Å². The lowest BCUT2D eigenvalue weighted by atomic mass is 9.96. The van der Waals surface area contributed by atoms with Gasteiger partial charge in [0.15, 0.2) is 0 Å². The van der Waals surface area contributed by atoms with Crippen LogP contribution >= 0.6 is 0 Å². The van der Waals surface area contributed by atoms with Crippen LogP contribution in [0.25, 0.3) is 0 Å². The van der Waals surface area contributed by atoms with Gasteiger partial charge in [-0.3, -0.25) is 9.59 Å². The summed E-state index contributed by atoms with van der Waals surface area (Å²) < 4.78 is 27.4. The highest BCUT2D eigenvalue weighted by Gasteiger charge is 2.33. The lowest BCUT2D eigenvalue weighted by Gasteiger charge is -2.33. The second kappa shape index (κ2) is 8.61. The molecule has 2 saturated heterocycles. The molecule has 2 fully saturated rings. The fourth-order valence-corrected chi connectivity index (χ4v) is 5.51. The topological polar surface area (TPSA) is 86.8 Å². The summed E-state index contributed by atoms with van der Waals surface area (Å²) in [7, 11) is -3.57. The Morgan fingerprint density at radius 2 is 1.75 bits per heavy atom. The monoisotopic (exact) mass is 407 g/mol. The van der Waals surface area contributed by atoms with Gasteiger partial charge in [0, 0.05) is 51.0 Å². The van der Waals surface area contributed by atoms with Gasteiger partial charge in [0.25, 0.3) is 0 Å². The maximum Gasteiger partial charge on any atom is 0.243 e. The van der Waals surface area contributed by atoms with Gasteiger partial charge in [-0.15, -0.1) is 0 Å². The zero-order valence-corrected chi connectivity index (χ0v) is 17.4. The summed E-state index contributed by atoms with van der Waals surface area (Å²) in [4.78, 5) is 26.0. The molecule has 2 aliphatic rings. The summed E-state index contributed by atoms with van der Waals surface area (Å²) in [6.07, 6.45) is 1.56. The first kappa shape index (κ1) is 20.8. The third kappa shape index (κ3) is 4.22. The van der Waals surface area contributed by atoms with Gasteiger partial charge in [0.2, 0.25) is 21.8 Å². The molecule has 2 amide bonds. The predicted molar refractivity (Wildman–Crippen MR) is 106 cm³/mol. The standard InChI is InChI=1S/C20H29N3O4S/c1-3-22(4-2)20(25)16-9-11-23(12-10-16)28(26,27)18-7-5-15(6-8-18)17-13-19(24)21-14-17/h5-8,16-17H,3-4,9-14H2,1-2H3,(H,21,24)/t17-/m0/s1. The Labute approximate surface area is 167 Å². The molecule has 0 unspecified atom stereocenters. The molecule has 0 aliphatic carbocycles. The maximum absolute atomic E-state index is 13.0. The Hall–Kier alpha value is -1.93. The fourth-order valence-electron chi connectivity index (χ4n) is 4.04. The molecule has 154 valence electrons. The van der Waals surface area contributed by atoms with E-state index in [0.29, 0.717) is 52.0 Å². The normalized spacial score (nSPS) is 21.5. The minimum Gasteiger partial charge on any atom is -0.355 e. The summed E-state index contributed by atoms with van der Waals surface area (Å²) in [6, 6.07) is 6.85. The van der Waals surface area contributed by atoms with Crippen molar-refractivity contribution in [3.8, 4) is 0 Å². The molecule has 1 aromatic rings. The first-order valence-corrected chi connectivity index (χ1v) is 11.5. The van der Waals surface area contributed by atoms with Gasteiger partial charge in [-0.05, 0) is 44.4 Å². The predicted octanol–water partition coefficient (Wildman–Crippen LogP) is 1.56. The molecule has 0 spiro atoms. The second-order valence-electron chi connectivity index (χ2n) is 7.46. The lowest BCUT2D eigenvalue weighted by molar-refractivity contribution is -0.136. The van der Waals surface area contributed by atoms with E-state index in [4.69, 9.17) is 0 Å². The van der Waals surface area contributed by atoms with E-state index in [1.165, 1.54) is 4.31 Å². The molecule has 2 aliphatic heterocycles. The van der Waals surface area contributed by atoms with Crippen LogP contribution < -0.4 is 5.32 Å². The number of carbonyl (C=O) groups is 2. The number of hydrogen-bond acceptors (Lipinski definition) is 4. The molecule has 28 heavy (non-hydrogen) atoms. The zero-order chi connectivity index (χ0) is 20.3. The van der Waals surface area contributed by atoms with Crippen LogP contribution in [0, 0.1) is 5.92 Å². The number of nitrogens with one attached hydrogen (secondary N) is 1. The summed E-state index contributed by atoms with van der Waals surface area (Å²) in [6.45, 7) is 6.61. The largest absolute Gasteiger partial charge is 0.355 e. The highest BCUT2D eigenvalue weighted by molar-refractivity contribution is 7.89. The van der Waals surface area contributed by atoms with Crippen molar-refractivity contribution in [2.45, 2.75) is 43.9 Å². The van der Waals surface area contributed by atoms with Crippen LogP contribution in [0.4, 0.5) is 0 Å². The molecule has 0 radical (unpaired) electrons. The number of piperidine rings is 1. The fraction of sp³-hybridized carbons (Fsp3) is 0.600. The van der Waals surface area contributed by atoms with Crippen LogP contribution in [0.3, 0.4) is 0 Å². The van der Waals surface area contributed by atoms with E-state index in [-0.39, 0.29) is 28.5 Å². The zero-order valence-electron chi connectivity index (χ0n) is 16.6. The van der Waals surface area contributed by atoms with Crippen molar-refractivity contribution >= 4 is 21.8 Å². The lowest BCUT2D eigenvalue weighted by Crippen LogP contribution is -2.44. The Kier molecular flexibility index (Phi) is 6.40. The first-order valence-electron chi connectivity index (χ1n) is 10.0. The van der Waals surface area contributed by atoms with Crippen LogP contribution in [0.15, 0.2) is 29.2 Å². The Bertz CT molecular complexity index is 810. The SMILES string of the molecule is CCN(CC)C(=O)C1CCN(S(=O)(=O)c2ccc([C@@H]3CNC(=O)C3)cc2)CC1. The Balaban J connectivity index is 1.64. The van der Waals surface area contributed by atoms with Crippen molar-refractivity contribution in [2.75, 3.05) is 32.7 Å². The molecule has 1 N–H and O–H groups in total. The number of sulfonamides is 1. The van der Waals surface area contributed by atoms with Crippen LogP contribution in [0.2, 0.25) is 0 Å². The average molecular weight is 408 g/mol. The quantitative estimate of drug-likeness (QED) is 0.775. The Morgan fingerprint density at radius 3 is 2.25 bits per heavy atom. The third-order valence-electron chi connectivity index (χ3n) is 5.84. The average Bonchev–Trinajstić information content (AvgIpc) is 3.15. The number of nitrogens with zero attached hydrogens (tertiary/aromatic N) is 2. The highest BCUT2D eigenvalue weighted by Crippen LogP contribution is 2.28. The number of carbonyl (C=O) groups excluding carboxylic acids is 2. The molecular weight excluding hydrogens is 378 g/mol. The molecular formula is C20H29N3O4S. The highest BCUT2D eigenvalue weighted by atomic mass is 32.2. The Morgan fingerprint density at radius 1 is 1.14 bits per heavy atom. The van der Waals surface area contributed by atoms with Crippen LogP contribution in [-0.2, 0) is 19.6 Å². The van der Waals surface area contributed by atoms with Crippen LogP contribution in [-0.4, -0.2) is 62.2 Å². The van der Waals surface area contributed by atoms with Crippen molar-refractivity contribution in [2.24, 2.45) is 5.92 Å². The summed E-state index contributed by atoms with van der Waals surface area (Å²) in [5.41, 5.74) is 0.973. The summed E-state index contributed by atoms with van der Waals surface area (Å²) in [5, 5.41) is 2.80. The molecule has 0 aromatic heterocycles. The van der Waals surface area contributed by atoms with Gasteiger partial charge in [-0.25, -0.2) is 8.42 Å².